The fourth-order valence-corrected chi connectivity index (χ4v) is 4.99. The number of rotatable bonds is 5. The van der Waals surface area contributed by atoms with Gasteiger partial charge in [0.2, 0.25) is 11.7 Å². The van der Waals surface area contributed by atoms with E-state index in [1.54, 1.807) is 4.90 Å². The lowest BCUT2D eigenvalue weighted by molar-refractivity contribution is -0.138. The van der Waals surface area contributed by atoms with E-state index in [9.17, 15) is 24.6 Å². The van der Waals surface area contributed by atoms with E-state index in [1.165, 1.54) is 10.9 Å². The molecule has 226 valence electrons. The SMILES string of the molecule is CC.Nc1nc(C#CCC2CCN(C(=O)OC3CC(=O)N3)CC2)nc2c1ncn2[C@@H]1O[C@H](C(=O)NC2CC2)[C@H](O)C1O. The summed E-state index contributed by atoms with van der Waals surface area (Å²) in [6.07, 6.45) is -0.727. The van der Waals surface area contributed by atoms with Crippen molar-refractivity contribution in [3.8, 4) is 11.8 Å². The van der Waals surface area contributed by atoms with Crippen LogP contribution in [-0.4, -0.2) is 96.2 Å². The highest BCUT2D eigenvalue weighted by Gasteiger charge is 2.48. The highest BCUT2D eigenvalue weighted by molar-refractivity contribution is 5.84. The first kappa shape index (κ1) is 29.5. The van der Waals surface area contributed by atoms with Crippen molar-refractivity contribution in [1.29, 1.82) is 0 Å². The number of hydrogen-bond donors (Lipinski definition) is 5. The Labute approximate surface area is 242 Å². The van der Waals surface area contributed by atoms with E-state index in [-0.39, 0.29) is 47.1 Å². The molecule has 15 heteroatoms. The number of amides is 3. The van der Waals surface area contributed by atoms with Crippen LogP contribution in [0.3, 0.4) is 0 Å². The zero-order valence-electron chi connectivity index (χ0n) is 23.5. The Morgan fingerprint density at radius 2 is 1.90 bits per heavy atom. The lowest BCUT2D eigenvalue weighted by Crippen LogP contribution is -2.53. The number of aromatic nitrogens is 4. The molecule has 3 aliphatic heterocycles. The molecule has 6 rings (SSSR count). The van der Waals surface area contributed by atoms with Crippen molar-refractivity contribution < 1.29 is 34.1 Å². The molecule has 2 unspecified atom stereocenters. The van der Waals surface area contributed by atoms with E-state index in [4.69, 9.17) is 15.2 Å². The van der Waals surface area contributed by atoms with Crippen molar-refractivity contribution in [2.75, 3.05) is 18.8 Å². The zero-order valence-corrected chi connectivity index (χ0v) is 23.5. The van der Waals surface area contributed by atoms with Crippen LogP contribution in [0, 0.1) is 17.8 Å². The highest BCUT2D eigenvalue weighted by Crippen LogP contribution is 2.33. The Hall–Kier alpha value is -4.00. The number of piperidine rings is 1. The summed E-state index contributed by atoms with van der Waals surface area (Å²) in [5.41, 5.74) is 6.63. The van der Waals surface area contributed by atoms with E-state index in [2.05, 4.69) is 37.4 Å². The molecule has 0 bridgehead atoms. The Bertz CT molecular complexity index is 1380. The van der Waals surface area contributed by atoms with Crippen LogP contribution < -0.4 is 16.4 Å². The number of ether oxygens (including phenoxy) is 2. The van der Waals surface area contributed by atoms with Crippen LogP contribution in [0.25, 0.3) is 11.2 Å². The second kappa shape index (κ2) is 12.5. The molecular formula is C27H36N8O7. The molecule has 15 nitrogen and oxygen atoms in total. The summed E-state index contributed by atoms with van der Waals surface area (Å²) in [7, 11) is 0. The first-order valence-corrected chi connectivity index (χ1v) is 14.3. The van der Waals surface area contributed by atoms with Crippen molar-refractivity contribution >= 4 is 34.9 Å². The summed E-state index contributed by atoms with van der Waals surface area (Å²) in [5, 5.41) is 26.4. The fraction of sp³-hybridized carbons (Fsp3) is 0.630. The van der Waals surface area contributed by atoms with Crippen molar-refractivity contribution in [3.63, 3.8) is 0 Å². The Morgan fingerprint density at radius 3 is 2.57 bits per heavy atom. The number of nitrogens with one attached hydrogen (secondary N) is 2. The van der Waals surface area contributed by atoms with Gasteiger partial charge in [-0.25, -0.2) is 19.7 Å². The van der Waals surface area contributed by atoms with Gasteiger partial charge in [0.25, 0.3) is 5.91 Å². The summed E-state index contributed by atoms with van der Waals surface area (Å²) in [6, 6.07) is 0.0776. The first-order chi connectivity index (χ1) is 20.3. The number of imidazole rings is 1. The average molecular weight is 585 g/mol. The highest BCUT2D eigenvalue weighted by atomic mass is 16.6. The first-order valence-electron chi connectivity index (χ1n) is 14.3. The lowest BCUT2D eigenvalue weighted by atomic mass is 9.94. The predicted molar refractivity (Wildman–Crippen MR) is 147 cm³/mol. The molecule has 0 aromatic carbocycles. The number of β-lactam (4-membered cyclic amide) rings is 1. The van der Waals surface area contributed by atoms with Crippen LogP contribution in [0.4, 0.5) is 10.6 Å². The number of carbonyl (C=O) groups excluding carboxylic acids is 3. The third-order valence-electron chi connectivity index (χ3n) is 7.54. The van der Waals surface area contributed by atoms with Gasteiger partial charge in [0.1, 0.15) is 17.7 Å². The quantitative estimate of drug-likeness (QED) is 0.229. The number of nitrogens with zero attached hydrogens (tertiary/aromatic N) is 5. The monoisotopic (exact) mass is 584 g/mol. The molecule has 5 atom stereocenters. The van der Waals surface area contributed by atoms with E-state index < -0.39 is 42.8 Å². The van der Waals surface area contributed by atoms with Crippen LogP contribution in [-0.2, 0) is 19.1 Å². The minimum atomic E-state index is -1.42. The van der Waals surface area contributed by atoms with Gasteiger partial charge >= 0.3 is 6.09 Å². The Kier molecular flexibility index (Phi) is 8.76. The number of fused-ring (bicyclic) bond motifs is 1. The number of hydrogen-bond acceptors (Lipinski definition) is 11. The minimum absolute atomic E-state index is 0.0776. The van der Waals surface area contributed by atoms with Gasteiger partial charge < -0.3 is 41.0 Å². The second-order valence-corrected chi connectivity index (χ2v) is 10.5. The molecule has 3 amide bonds. The summed E-state index contributed by atoms with van der Waals surface area (Å²) in [5.74, 6) is 5.94. The molecule has 1 saturated carbocycles. The molecule has 42 heavy (non-hydrogen) atoms. The molecule has 4 aliphatic rings. The Morgan fingerprint density at radius 1 is 1.19 bits per heavy atom. The van der Waals surface area contributed by atoms with E-state index in [0.29, 0.717) is 19.5 Å². The standard InChI is InChI=1S/C25H30N8O7.C2H6/c26-21-17-22(33(11-27-17)24-19(36)18(35)20(40-24)23(37)28-13-4-5-13)30-14(29-21)3-1-2-12-6-8-32(9-7-12)25(38)39-16-10-15(34)31-16;1-2/h11-13,16,18-20,24,35-36H,2,4-10H2,(H,28,37)(H,31,34)(H2,26,29,30);1-2H3/t16?,18-,19?,20+,24-;/m1./s1. The number of likely N-dealkylation sites (tertiary alicyclic amines) is 1. The van der Waals surface area contributed by atoms with Gasteiger partial charge in [0.15, 0.2) is 30.0 Å². The number of nitrogen functional groups attached to an aromatic ring is 1. The molecule has 0 radical (unpaired) electrons. The van der Waals surface area contributed by atoms with Crippen molar-refractivity contribution in [2.24, 2.45) is 5.92 Å². The van der Waals surface area contributed by atoms with Gasteiger partial charge in [-0.3, -0.25) is 14.2 Å². The van der Waals surface area contributed by atoms with Gasteiger partial charge in [-0.1, -0.05) is 19.8 Å². The predicted octanol–water partition coefficient (Wildman–Crippen LogP) is -0.231. The smallest absolute Gasteiger partial charge is 0.411 e. The molecule has 6 N–H and O–H groups in total. The molecule has 2 aromatic rings. The minimum Gasteiger partial charge on any atom is -0.425 e. The molecule has 2 aromatic heterocycles. The zero-order chi connectivity index (χ0) is 30.0. The van der Waals surface area contributed by atoms with Crippen molar-refractivity contribution in [3.05, 3.63) is 12.2 Å². The summed E-state index contributed by atoms with van der Waals surface area (Å²) in [4.78, 5) is 50.2. The summed E-state index contributed by atoms with van der Waals surface area (Å²) in [6.45, 7) is 5.07. The third-order valence-corrected chi connectivity index (χ3v) is 7.54. The van der Waals surface area contributed by atoms with Gasteiger partial charge in [0.05, 0.1) is 12.7 Å². The molecule has 4 fully saturated rings. The third kappa shape index (κ3) is 6.25. The van der Waals surface area contributed by atoms with Crippen molar-refractivity contribution in [1.82, 2.24) is 35.1 Å². The molecule has 5 heterocycles. The van der Waals surface area contributed by atoms with Crippen LogP contribution in [0.2, 0.25) is 0 Å². The largest absolute Gasteiger partial charge is 0.425 e. The molecule has 1 aliphatic carbocycles. The topological polar surface area (TPSA) is 207 Å². The second-order valence-electron chi connectivity index (χ2n) is 10.5. The van der Waals surface area contributed by atoms with Gasteiger partial charge in [-0.2, -0.15) is 0 Å². The van der Waals surface area contributed by atoms with Crippen LogP contribution in [0.15, 0.2) is 6.33 Å². The normalized spacial score (nSPS) is 27.2. The lowest BCUT2D eigenvalue weighted by Gasteiger charge is -2.33. The average Bonchev–Trinajstić information content (AvgIpc) is 3.60. The fourth-order valence-electron chi connectivity index (χ4n) is 4.99. The summed E-state index contributed by atoms with van der Waals surface area (Å²) < 4.78 is 12.4. The van der Waals surface area contributed by atoms with E-state index in [0.717, 1.165) is 25.7 Å². The van der Waals surface area contributed by atoms with Crippen molar-refractivity contribution in [2.45, 2.75) is 89.2 Å². The number of aliphatic hydroxyl groups is 2. The maximum absolute atomic E-state index is 12.5. The van der Waals surface area contributed by atoms with Crippen LogP contribution >= 0.6 is 0 Å². The van der Waals surface area contributed by atoms with E-state index >= 15 is 0 Å². The number of aliphatic hydroxyl groups excluding tert-OH is 2. The maximum Gasteiger partial charge on any atom is 0.411 e. The summed E-state index contributed by atoms with van der Waals surface area (Å²) >= 11 is 0. The van der Waals surface area contributed by atoms with Gasteiger partial charge in [-0.15, -0.1) is 0 Å². The number of anilines is 1. The number of nitrogens with two attached hydrogens (primary N) is 1. The van der Waals surface area contributed by atoms with Gasteiger partial charge in [-0.05, 0) is 37.5 Å². The maximum atomic E-state index is 12.5. The molecular weight excluding hydrogens is 548 g/mol. The number of carbonyl (C=O) groups is 3. The molecule has 0 spiro atoms. The van der Waals surface area contributed by atoms with E-state index in [1.807, 2.05) is 13.8 Å². The Balaban J connectivity index is 0.00000173. The molecule has 3 saturated heterocycles. The van der Waals surface area contributed by atoms with Crippen LogP contribution in [0.5, 0.6) is 0 Å². The van der Waals surface area contributed by atoms with Crippen LogP contribution in [0.1, 0.15) is 64.4 Å². The van der Waals surface area contributed by atoms with Gasteiger partial charge in [0, 0.05) is 25.6 Å².